The first-order valence-corrected chi connectivity index (χ1v) is 12.4. The topological polar surface area (TPSA) is 107 Å². The van der Waals surface area contributed by atoms with Gasteiger partial charge in [-0.25, -0.2) is 15.0 Å². The average molecular weight is 466 g/mol. The molecule has 3 aromatic heterocycles. The van der Waals surface area contributed by atoms with Gasteiger partial charge >= 0.3 is 0 Å². The van der Waals surface area contributed by atoms with Crippen LogP contribution in [0.3, 0.4) is 0 Å². The van der Waals surface area contributed by atoms with E-state index < -0.39 is 0 Å². The van der Waals surface area contributed by atoms with Crippen LogP contribution >= 0.6 is 0 Å². The fourth-order valence-corrected chi connectivity index (χ4v) is 5.17. The monoisotopic (exact) mass is 465 g/mol. The maximum Gasteiger partial charge on any atom is 0.227 e. The molecule has 0 spiro atoms. The van der Waals surface area contributed by atoms with Gasteiger partial charge in [0.15, 0.2) is 5.58 Å². The lowest BCUT2D eigenvalue weighted by molar-refractivity contribution is 0.613. The molecular weight excluding hydrogens is 438 g/mol. The zero-order valence-corrected chi connectivity index (χ0v) is 19.3. The number of H-pyrrole nitrogens is 2. The molecular formula is C27H27N7O. The van der Waals surface area contributed by atoms with Gasteiger partial charge in [-0.1, -0.05) is 12.1 Å². The van der Waals surface area contributed by atoms with E-state index in [-0.39, 0.29) is 0 Å². The second-order valence-electron chi connectivity index (χ2n) is 9.44. The first kappa shape index (κ1) is 20.6. The molecule has 8 nitrogen and oxygen atoms in total. The third-order valence-electron chi connectivity index (χ3n) is 7.11. The van der Waals surface area contributed by atoms with Gasteiger partial charge in [0.25, 0.3) is 0 Å². The predicted octanol–water partition coefficient (Wildman–Crippen LogP) is 5.12. The predicted molar refractivity (Wildman–Crippen MR) is 135 cm³/mol. The number of oxazole rings is 1. The number of fused-ring (bicyclic) bond motifs is 1. The van der Waals surface area contributed by atoms with Gasteiger partial charge in [0.1, 0.15) is 17.2 Å². The van der Waals surface area contributed by atoms with E-state index in [1.807, 2.05) is 30.6 Å². The summed E-state index contributed by atoms with van der Waals surface area (Å²) in [5.41, 5.74) is 6.71. The zero-order valence-electron chi connectivity index (χ0n) is 19.3. The molecule has 7 rings (SSSR count). The second kappa shape index (κ2) is 8.48. The van der Waals surface area contributed by atoms with E-state index in [9.17, 15) is 0 Å². The van der Waals surface area contributed by atoms with E-state index in [2.05, 4.69) is 54.8 Å². The summed E-state index contributed by atoms with van der Waals surface area (Å²) in [6.45, 7) is 2.11. The van der Waals surface area contributed by atoms with E-state index in [4.69, 9.17) is 9.40 Å². The highest BCUT2D eigenvalue weighted by molar-refractivity contribution is 5.81. The molecule has 1 unspecified atom stereocenters. The molecule has 5 aromatic rings. The maximum absolute atomic E-state index is 6.07. The fourth-order valence-electron chi connectivity index (χ4n) is 5.17. The number of hydrogen-bond donors (Lipinski definition) is 4. The van der Waals surface area contributed by atoms with Crippen LogP contribution in [-0.4, -0.2) is 38.0 Å². The molecule has 2 saturated heterocycles. The van der Waals surface area contributed by atoms with Crippen LogP contribution in [0.4, 0.5) is 0 Å². The Bertz CT molecular complexity index is 1470. The molecule has 0 saturated carbocycles. The molecule has 2 aromatic carbocycles. The van der Waals surface area contributed by atoms with Crippen LogP contribution in [0.15, 0.2) is 59.3 Å². The van der Waals surface area contributed by atoms with Gasteiger partial charge in [-0.15, -0.1) is 0 Å². The molecule has 0 radical (unpaired) electrons. The van der Waals surface area contributed by atoms with Crippen LogP contribution in [0.1, 0.15) is 49.4 Å². The van der Waals surface area contributed by atoms with E-state index >= 15 is 0 Å². The van der Waals surface area contributed by atoms with Crippen molar-refractivity contribution in [1.82, 2.24) is 35.6 Å². The lowest BCUT2D eigenvalue weighted by atomic mass is 10.1. The number of nitrogens with zero attached hydrogens (tertiary/aromatic N) is 3. The minimum Gasteiger partial charge on any atom is -0.436 e. The van der Waals surface area contributed by atoms with Gasteiger partial charge < -0.3 is 25.0 Å². The fraction of sp³-hybridized carbons (Fsp3) is 0.296. The molecule has 0 aliphatic carbocycles. The molecule has 176 valence electrons. The SMILES string of the molecule is c1cc2oc(-c3ccc(-c4cnc([C@@H]5CCCN5)[nH]4)cc3)nc2cc1-c1cnc(C2CCCN2)[nH]1. The molecule has 2 atom stereocenters. The third-order valence-corrected chi connectivity index (χ3v) is 7.11. The summed E-state index contributed by atoms with van der Waals surface area (Å²) in [5.74, 6) is 2.63. The van der Waals surface area contributed by atoms with Crippen molar-refractivity contribution in [2.24, 2.45) is 0 Å². The van der Waals surface area contributed by atoms with Crippen LogP contribution < -0.4 is 10.6 Å². The minimum absolute atomic E-state index is 0.321. The lowest BCUT2D eigenvalue weighted by Crippen LogP contribution is -2.14. The van der Waals surface area contributed by atoms with Crippen LogP contribution in [0.25, 0.3) is 45.1 Å². The van der Waals surface area contributed by atoms with E-state index in [1.54, 1.807) is 0 Å². The van der Waals surface area contributed by atoms with Crippen molar-refractivity contribution in [3.8, 4) is 34.0 Å². The highest BCUT2D eigenvalue weighted by atomic mass is 16.3. The summed E-state index contributed by atoms with van der Waals surface area (Å²) < 4.78 is 6.07. The van der Waals surface area contributed by atoms with Crippen molar-refractivity contribution in [3.63, 3.8) is 0 Å². The van der Waals surface area contributed by atoms with Gasteiger partial charge in [-0.2, -0.15) is 0 Å². The summed E-state index contributed by atoms with van der Waals surface area (Å²) in [6, 6.07) is 15.0. The number of nitrogens with one attached hydrogen (secondary N) is 4. The number of benzene rings is 2. The number of hydrogen-bond acceptors (Lipinski definition) is 6. The van der Waals surface area contributed by atoms with Crippen LogP contribution in [-0.2, 0) is 0 Å². The smallest absolute Gasteiger partial charge is 0.227 e. The standard InChI is InChI=1S/C27H27N7O/c1-3-19(28-11-1)25-30-14-22(32-25)16-5-7-17(8-6-16)27-34-21-13-18(9-10-24(21)35-27)23-15-31-26(33-23)20-4-2-12-29-20/h5-10,13-15,19-20,28-29H,1-4,11-12H2,(H,30,32)(H,31,33)/t19-,20?/m0/s1. The van der Waals surface area contributed by atoms with Gasteiger partial charge in [-0.3, -0.25) is 0 Å². The summed E-state index contributed by atoms with van der Waals surface area (Å²) in [6.07, 6.45) is 8.45. The molecule has 0 bridgehead atoms. The number of rotatable bonds is 5. The largest absolute Gasteiger partial charge is 0.436 e. The highest BCUT2D eigenvalue weighted by Crippen LogP contribution is 2.31. The summed E-state index contributed by atoms with van der Waals surface area (Å²) in [5, 5.41) is 6.97. The number of imidazole rings is 2. The van der Waals surface area contributed by atoms with E-state index in [0.29, 0.717) is 18.0 Å². The lowest BCUT2D eigenvalue weighted by Gasteiger charge is -2.05. The quantitative estimate of drug-likeness (QED) is 0.287. The highest BCUT2D eigenvalue weighted by Gasteiger charge is 2.20. The molecule has 2 aliphatic heterocycles. The van der Waals surface area contributed by atoms with Crippen molar-refractivity contribution >= 4 is 11.1 Å². The Morgan fingerprint density at radius 1 is 0.714 bits per heavy atom. The Balaban J connectivity index is 1.12. The van der Waals surface area contributed by atoms with Gasteiger partial charge in [0, 0.05) is 11.1 Å². The van der Waals surface area contributed by atoms with Crippen molar-refractivity contribution < 1.29 is 4.42 Å². The van der Waals surface area contributed by atoms with Gasteiger partial charge in [0.05, 0.1) is 35.9 Å². The van der Waals surface area contributed by atoms with Crippen molar-refractivity contribution in [2.75, 3.05) is 13.1 Å². The second-order valence-corrected chi connectivity index (χ2v) is 9.44. The van der Waals surface area contributed by atoms with Crippen LogP contribution in [0.2, 0.25) is 0 Å². The number of aromatic nitrogens is 5. The molecule has 8 heteroatoms. The van der Waals surface area contributed by atoms with Crippen LogP contribution in [0, 0.1) is 0 Å². The molecule has 0 amide bonds. The first-order valence-electron chi connectivity index (χ1n) is 12.4. The molecule has 5 heterocycles. The molecule has 2 aliphatic rings. The first-order chi connectivity index (χ1) is 17.3. The Hall–Kier alpha value is -3.75. The van der Waals surface area contributed by atoms with E-state index in [1.165, 1.54) is 12.8 Å². The normalized spacial score (nSPS) is 20.2. The average Bonchev–Trinajstić information content (AvgIpc) is 3.73. The summed E-state index contributed by atoms with van der Waals surface area (Å²) in [7, 11) is 0. The van der Waals surface area contributed by atoms with Crippen molar-refractivity contribution in [1.29, 1.82) is 0 Å². The number of aromatic amines is 2. The molecule has 35 heavy (non-hydrogen) atoms. The van der Waals surface area contributed by atoms with Crippen molar-refractivity contribution in [3.05, 3.63) is 66.5 Å². The Kier molecular flexibility index (Phi) is 4.99. The Morgan fingerprint density at radius 2 is 1.31 bits per heavy atom. The summed E-state index contributed by atoms with van der Waals surface area (Å²) >= 11 is 0. The minimum atomic E-state index is 0.321. The Morgan fingerprint density at radius 3 is 1.94 bits per heavy atom. The molecule has 4 N–H and O–H groups in total. The third kappa shape index (κ3) is 3.84. The van der Waals surface area contributed by atoms with Crippen LogP contribution in [0.5, 0.6) is 0 Å². The van der Waals surface area contributed by atoms with E-state index in [0.717, 1.165) is 76.8 Å². The Labute approximate surface area is 202 Å². The zero-order chi connectivity index (χ0) is 23.2. The van der Waals surface area contributed by atoms with Gasteiger partial charge in [0.2, 0.25) is 5.89 Å². The molecule has 2 fully saturated rings. The summed E-state index contributed by atoms with van der Waals surface area (Å²) in [4.78, 5) is 20.9. The van der Waals surface area contributed by atoms with Crippen molar-refractivity contribution in [2.45, 2.75) is 37.8 Å². The maximum atomic E-state index is 6.07. The van der Waals surface area contributed by atoms with Gasteiger partial charge in [-0.05, 0) is 74.7 Å².